The van der Waals surface area contributed by atoms with Crippen molar-refractivity contribution in [2.24, 2.45) is 0 Å². The molecule has 17 heteroatoms. The summed E-state index contributed by atoms with van der Waals surface area (Å²) >= 11 is 1.20. The van der Waals surface area contributed by atoms with E-state index in [4.69, 9.17) is 0 Å². The van der Waals surface area contributed by atoms with Crippen molar-refractivity contribution in [3.63, 3.8) is 0 Å². The van der Waals surface area contributed by atoms with E-state index < -0.39 is 22.1 Å². The fourth-order valence-electron chi connectivity index (χ4n) is 3.87. The lowest BCUT2D eigenvalue weighted by molar-refractivity contribution is -0.0496. The molecule has 4 aromatic heterocycles. The lowest BCUT2D eigenvalue weighted by Gasteiger charge is -2.26. The summed E-state index contributed by atoms with van der Waals surface area (Å²) in [6.07, 6.45) is 5.51. The SMILES string of the molecule is CCc1nc2ncc(C)cn2c1C(=O)NCc1ncc(-c2nc3n(n2)CCN(S(=O)(=O)C(F)(F)F)C3)s1. The number of thiazole rings is 1. The van der Waals surface area contributed by atoms with Crippen molar-refractivity contribution in [1.29, 1.82) is 0 Å². The van der Waals surface area contributed by atoms with Gasteiger partial charge in [-0.1, -0.05) is 6.92 Å². The lowest BCUT2D eigenvalue weighted by Crippen LogP contribution is -2.44. The summed E-state index contributed by atoms with van der Waals surface area (Å²) in [6.45, 7) is 2.91. The maximum Gasteiger partial charge on any atom is 0.511 e. The van der Waals surface area contributed by atoms with E-state index in [0.29, 0.717) is 37.8 Å². The Hall–Kier alpha value is -3.44. The van der Waals surface area contributed by atoms with Gasteiger partial charge in [0.15, 0.2) is 5.82 Å². The van der Waals surface area contributed by atoms with Crippen molar-refractivity contribution < 1.29 is 26.4 Å². The first-order valence-corrected chi connectivity index (χ1v) is 13.3. The molecule has 0 saturated heterocycles. The second kappa shape index (κ2) is 9.14. The van der Waals surface area contributed by atoms with Gasteiger partial charge in [0.2, 0.25) is 5.78 Å². The van der Waals surface area contributed by atoms with Crippen molar-refractivity contribution in [3.8, 4) is 10.7 Å². The fraction of sp³-hybridized carbons (Fsp3) is 0.400. The van der Waals surface area contributed by atoms with Crippen molar-refractivity contribution in [2.45, 2.75) is 45.4 Å². The monoisotopic (exact) mass is 555 g/mol. The Labute approximate surface area is 212 Å². The van der Waals surface area contributed by atoms with Gasteiger partial charge in [0, 0.05) is 25.1 Å². The molecule has 0 unspecified atom stereocenters. The number of amides is 1. The fourth-order valence-corrected chi connectivity index (χ4v) is 5.55. The molecule has 196 valence electrons. The van der Waals surface area contributed by atoms with Crippen LogP contribution in [-0.4, -0.2) is 64.8 Å². The highest BCUT2D eigenvalue weighted by atomic mass is 32.2. The molecule has 1 amide bonds. The third-order valence-corrected chi connectivity index (χ3v) is 8.23. The zero-order chi connectivity index (χ0) is 26.5. The molecule has 37 heavy (non-hydrogen) atoms. The minimum atomic E-state index is -5.46. The Morgan fingerprint density at radius 2 is 1.97 bits per heavy atom. The van der Waals surface area contributed by atoms with Crippen LogP contribution in [0.2, 0.25) is 0 Å². The Balaban J connectivity index is 1.30. The molecule has 1 N–H and O–H groups in total. The van der Waals surface area contributed by atoms with Gasteiger partial charge < -0.3 is 5.32 Å². The smallest absolute Gasteiger partial charge is 0.344 e. The summed E-state index contributed by atoms with van der Waals surface area (Å²) < 4.78 is 65.6. The molecule has 1 aliphatic heterocycles. The highest BCUT2D eigenvalue weighted by Gasteiger charge is 2.50. The van der Waals surface area contributed by atoms with Crippen LogP contribution in [0.1, 0.15) is 39.5 Å². The van der Waals surface area contributed by atoms with Crippen molar-refractivity contribution in [3.05, 3.63) is 46.4 Å². The molecule has 0 spiro atoms. The van der Waals surface area contributed by atoms with Gasteiger partial charge in [0.1, 0.15) is 16.5 Å². The number of carbonyl (C=O) groups excluding carboxylic acids is 1. The highest BCUT2D eigenvalue weighted by Crippen LogP contribution is 2.30. The van der Waals surface area contributed by atoms with Crippen LogP contribution in [-0.2, 0) is 36.1 Å². The first-order chi connectivity index (χ1) is 17.5. The number of nitrogens with one attached hydrogen (secondary N) is 1. The normalized spacial score (nSPS) is 14.7. The number of halogens is 3. The molecule has 1 aliphatic rings. The van der Waals surface area contributed by atoms with E-state index in [-0.39, 0.29) is 37.2 Å². The van der Waals surface area contributed by atoms with Crippen LogP contribution in [0.25, 0.3) is 16.5 Å². The molecule has 0 bridgehead atoms. The Kier molecular flexibility index (Phi) is 6.23. The van der Waals surface area contributed by atoms with Crippen LogP contribution >= 0.6 is 11.3 Å². The average Bonchev–Trinajstić information content (AvgIpc) is 3.57. The summed E-state index contributed by atoms with van der Waals surface area (Å²) in [6, 6.07) is 0. The zero-order valence-corrected chi connectivity index (χ0v) is 21.2. The van der Waals surface area contributed by atoms with Gasteiger partial charge in [-0.2, -0.15) is 17.5 Å². The molecule has 0 aromatic carbocycles. The number of hydrogen-bond acceptors (Lipinski definition) is 9. The predicted octanol–water partition coefficient (Wildman–Crippen LogP) is 1.91. The Morgan fingerprint density at radius 3 is 2.70 bits per heavy atom. The number of alkyl halides is 3. The van der Waals surface area contributed by atoms with E-state index >= 15 is 0 Å². The molecule has 0 atom stereocenters. The molecule has 12 nitrogen and oxygen atoms in total. The minimum absolute atomic E-state index is 0.0627. The third-order valence-electron chi connectivity index (χ3n) is 5.66. The second-order valence-corrected chi connectivity index (χ2v) is 11.3. The standard InChI is InChI=1S/C20H20F3N9O3S2/c1-3-12-16(31-9-11(2)6-26-19(31)27-12)18(33)25-8-15-24-7-13(36-15)17-28-14-10-30(4-5-32(14)29-17)37(34,35)20(21,22)23/h6-7,9H,3-5,8,10H2,1-2H3,(H,25,33). The lowest BCUT2D eigenvalue weighted by atomic mass is 10.2. The molecular weight excluding hydrogens is 535 g/mol. The summed E-state index contributed by atoms with van der Waals surface area (Å²) in [7, 11) is -5.46. The third kappa shape index (κ3) is 4.57. The summed E-state index contributed by atoms with van der Waals surface area (Å²) in [4.78, 5) is 30.7. The van der Waals surface area contributed by atoms with E-state index in [0.717, 1.165) is 5.56 Å². The van der Waals surface area contributed by atoms with Gasteiger partial charge >= 0.3 is 15.5 Å². The first kappa shape index (κ1) is 25.2. The number of nitrogens with zero attached hydrogens (tertiary/aromatic N) is 8. The molecule has 0 radical (unpaired) electrons. The number of aromatic nitrogens is 7. The summed E-state index contributed by atoms with van der Waals surface area (Å²) in [5, 5.41) is 7.67. The van der Waals surface area contributed by atoms with Crippen LogP contribution in [0, 0.1) is 6.92 Å². The van der Waals surface area contributed by atoms with Crippen molar-refractivity contribution >= 4 is 33.0 Å². The quantitative estimate of drug-likeness (QED) is 0.381. The summed E-state index contributed by atoms with van der Waals surface area (Å²) in [5.74, 6) is 0.407. The summed E-state index contributed by atoms with van der Waals surface area (Å²) in [5.41, 5.74) is -3.50. The number of carbonyl (C=O) groups is 1. The predicted molar refractivity (Wildman–Crippen MR) is 125 cm³/mol. The van der Waals surface area contributed by atoms with Crippen LogP contribution in [0.4, 0.5) is 13.2 Å². The Bertz CT molecular complexity index is 1610. The number of sulfonamides is 1. The molecular formula is C20H20F3N9O3S2. The van der Waals surface area contributed by atoms with Crippen LogP contribution in [0.3, 0.4) is 0 Å². The second-order valence-electron chi connectivity index (χ2n) is 8.22. The zero-order valence-electron chi connectivity index (χ0n) is 19.5. The van der Waals surface area contributed by atoms with Crippen molar-refractivity contribution in [2.75, 3.05) is 6.54 Å². The highest BCUT2D eigenvalue weighted by molar-refractivity contribution is 7.89. The average molecular weight is 556 g/mol. The van der Waals surface area contributed by atoms with Gasteiger partial charge in [-0.3, -0.25) is 9.20 Å². The first-order valence-electron chi connectivity index (χ1n) is 11.0. The number of aryl methyl sites for hydroxylation is 2. The largest absolute Gasteiger partial charge is 0.511 e. The van der Waals surface area contributed by atoms with E-state index in [9.17, 15) is 26.4 Å². The maximum atomic E-state index is 13.0. The maximum absolute atomic E-state index is 13.0. The molecule has 5 rings (SSSR count). The van der Waals surface area contributed by atoms with Gasteiger partial charge in [-0.25, -0.2) is 33.0 Å². The topological polar surface area (TPSA) is 140 Å². The van der Waals surface area contributed by atoms with Gasteiger partial charge in [0.05, 0.1) is 30.2 Å². The molecule has 0 fully saturated rings. The van der Waals surface area contributed by atoms with Gasteiger partial charge in [-0.15, -0.1) is 16.4 Å². The van der Waals surface area contributed by atoms with Gasteiger partial charge in [-0.05, 0) is 18.9 Å². The number of rotatable bonds is 6. The van der Waals surface area contributed by atoms with E-state index in [2.05, 4.69) is 30.4 Å². The van der Waals surface area contributed by atoms with Crippen LogP contribution < -0.4 is 5.32 Å². The van der Waals surface area contributed by atoms with Gasteiger partial charge in [0.25, 0.3) is 5.91 Å². The van der Waals surface area contributed by atoms with Crippen molar-refractivity contribution in [1.82, 2.24) is 43.7 Å². The van der Waals surface area contributed by atoms with Crippen LogP contribution in [0.5, 0.6) is 0 Å². The van der Waals surface area contributed by atoms with Crippen LogP contribution in [0.15, 0.2) is 18.6 Å². The number of imidazole rings is 1. The molecule has 4 aromatic rings. The molecule has 0 saturated carbocycles. The van der Waals surface area contributed by atoms with E-state index in [1.54, 1.807) is 16.8 Å². The van der Waals surface area contributed by atoms with E-state index in [1.165, 1.54) is 22.2 Å². The molecule has 0 aliphatic carbocycles. The van der Waals surface area contributed by atoms with E-state index in [1.807, 2.05) is 13.8 Å². The number of hydrogen-bond donors (Lipinski definition) is 1. The Morgan fingerprint density at radius 1 is 1.19 bits per heavy atom. The minimum Gasteiger partial charge on any atom is -0.344 e. The molecule has 5 heterocycles. The number of fused-ring (bicyclic) bond motifs is 2.